The van der Waals surface area contributed by atoms with Crippen LogP contribution in [0.3, 0.4) is 0 Å². The van der Waals surface area contributed by atoms with Crippen LogP contribution in [0.15, 0.2) is 12.1 Å². The third kappa shape index (κ3) is 3.50. The van der Waals surface area contributed by atoms with E-state index in [0.717, 1.165) is 30.5 Å². The number of piperidine rings is 1. The van der Waals surface area contributed by atoms with Gasteiger partial charge in [0.05, 0.1) is 12.8 Å². The number of rotatable bonds is 3. The van der Waals surface area contributed by atoms with Crippen LogP contribution in [-0.2, 0) is 17.8 Å². The third-order valence-corrected chi connectivity index (χ3v) is 7.00. The maximum Gasteiger partial charge on any atom is 0.407 e. The van der Waals surface area contributed by atoms with E-state index in [0.29, 0.717) is 19.0 Å². The van der Waals surface area contributed by atoms with E-state index in [1.54, 1.807) is 7.11 Å². The zero-order chi connectivity index (χ0) is 19.1. The molecule has 0 aromatic carbocycles. The van der Waals surface area contributed by atoms with Gasteiger partial charge in [-0.05, 0) is 45.6 Å². The topological polar surface area (TPSA) is 97.8 Å². The van der Waals surface area contributed by atoms with E-state index in [4.69, 9.17) is 4.74 Å². The Hall–Kier alpha value is -1.51. The van der Waals surface area contributed by atoms with Crippen LogP contribution in [0.25, 0.3) is 0 Å². The zero-order valence-electron chi connectivity index (χ0n) is 15.7. The molecule has 1 aromatic rings. The average molecular weight is 381 g/mol. The fraction of sp³-hybridized carbons (Fsp3) is 0.667. The number of methoxy groups -OCH3 is 1. The van der Waals surface area contributed by atoms with Crippen LogP contribution in [0, 0.1) is 5.41 Å². The van der Waals surface area contributed by atoms with E-state index < -0.39 is 22.2 Å². The van der Waals surface area contributed by atoms with Crippen LogP contribution in [0.2, 0.25) is 0 Å². The first-order valence-corrected chi connectivity index (χ1v) is 10.0. The lowest BCUT2D eigenvalue weighted by molar-refractivity contribution is 0.0758. The summed E-state index contributed by atoms with van der Waals surface area (Å²) in [5.41, 5.74) is 1.83. The third-order valence-electron chi connectivity index (χ3n) is 5.44. The minimum atomic E-state index is -1.25. The van der Waals surface area contributed by atoms with Crippen molar-refractivity contribution in [1.29, 1.82) is 0 Å². The molecule has 2 aliphatic rings. The molecule has 0 unspecified atom stereocenters. The number of carboxylic acid groups (broad SMARTS) is 1. The Morgan fingerprint density at radius 1 is 1.42 bits per heavy atom. The molecule has 1 aliphatic heterocycles. The first-order chi connectivity index (χ1) is 12.2. The number of nitrogens with zero attached hydrogens (tertiary/aromatic N) is 2. The van der Waals surface area contributed by atoms with Crippen LogP contribution < -0.4 is 9.46 Å². The van der Waals surface area contributed by atoms with Crippen molar-refractivity contribution in [3.05, 3.63) is 23.4 Å². The summed E-state index contributed by atoms with van der Waals surface area (Å²) >= 11 is -1.25. The molecule has 144 valence electrons. The van der Waals surface area contributed by atoms with E-state index in [1.165, 1.54) is 4.90 Å². The highest BCUT2D eigenvalue weighted by Gasteiger charge is 2.52. The summed E-state index contributed by atoms with van der Waals surface area (Å²) in [6.07, 6.45) is 1.37. The maximum atomic E-state index is 12.8. The number of amides is 1. The highest BCUT2D eigenvalue weighted by atomic mass is 32.2. The molecule has 1 aliphatic carbocycles. The molecule has 1 amide bonds. The lowest BCUT2D eigenvalue weighted by Gasteiger charge is -2.42. The summed E-state index contributed by atoms with van der Waals surface area (Å²) in [7, 11) is 1.58. The van der Waals surface area contributed by atoms with E-state index in [9.17, 15) is 14.5 Å². The van der Waals surface area contributed by atoms with Crippen LogP contribution in [0.5, 0.6) is 5.88 Å². The van der Waals surface area contributed by atoms with Crippen molar-refractivity contribution in [2.24, 2.45) is 5.41 Å². The van der Waals surface area contributed by atoms with Crippen LogP contribution in [0.1, 0.15) is 50.9 Å². The van der Waals surface area contributed by atoms with Crippen molar-refractivity contribution >= 4 is 17.5 Å². The Labute approximate surface area is 157 Å². The van der Waals surface area contributed by atoms with Gasteiger partial charge in [-0.15, -0.1) is 4.72 Å². The molecule has 2 N–H and O–H groups in total. The number of aromatic nitrogens is 1. The highest BCUT2D eigenvalue weighted by Crippen LogP contribution is 2.52. The monoisotopic (exact) mass is 381 g/mol. The average Bonchev–Trinajstić information content (AvgIpc) is 2.87. The van der Waals surface area contributed by atoms with Crippen LogP contribution >= 0.6 is 0 Å². The molecule has 3 rings (SSSR count). The Morgan fingerprint density at radius 2 is 2.08 bits per heavy atom. The molecule has 0 radical (unpaired) electrons. The molecule has 1 aromatic heterocycles. The smallest absolute Gasteiger partial charge is 0.407 e. The second-order valence-corrected chi connectivity index (χ2v) is 10.1. The predicted molar refractivity (Wildman–Crippen MR) is 99.5 cm³/mol. The zero-order valence-corrected chi connectivity index (χ0v) is 16.6. The fourth-order valence-electron chi connectivity index (χ4n) is 3.84. The maximum absolute atomic E-state index is 12.8. The largest absolute Gasteiger partial charge is 0.598 e. The summed E-state index contributed by atoms with van der Waals surface area (Å²) < 4.78 is 21.0. The van der Waals surface area contributed by atoms with Gasteiger partial charge >= 0.3 is 6.09 Å². The van der Waals surface area contributed by atoms with Gasteiger partial charge in [0, 0.05) is 35.9 Å². The standard InChI is InChI=1S/C18H27N3O4S/c1-17(2,3)26(24)20-15-14-12(5-6-13(19-14)25-4)11-18(15)7-9-21(10-8-18)16(22)23/h5-6,15,20H,7-11H2,1-4H3,(H,22,23)/t15-,26-/m1/s1. The normalized spacial score (nSPS) is 23.0. The van der Waals surface area contributed by atoms with Crippen molar-refractivity contribution in [1.82, 2.24) is 14.6 Å². The summed E-state index contributed by atoms with van der Waals surface area (Å²) in [6, 6.07) is 3.69. The number of ether oxygens (including phenoxy) is 1. The predicted octanol–water partition coefficient (Wildman–Crippen LogP) is 2.50. The SMILES string of the molecule is COc1ccc2c(n1)[C@@H](N[S@+]([O-])C(C)(C)C)C1(CCN(C(=O)O)CC1)C2. The minimum absolute atomic E-state index is 0.172. The van der Waals surface area contributed by atoms with Gasteiger partial charge in [-0.2, -0.15) is 0 Å². The number of pyridine rings is 1. The van der Waals surface area contributed by atoms with Crippen molar-refractivity contribution in [2.75, 3.05) is 20.2 Å². The second-order valence-electron chi connectivity index (χ2n) is 8.14. The number of carbonyl (C=O) groups is 1. The molecule has 1 spiro atoms. The lowest BCUT2D eigenvalue weighted by atomic mass is 9.73. The number of hydrogen-bond donors (Lipinski definition) is 2. The minimum Gasteiger partial charge on any atom is -0.598 e. The van der Waals surface area contributed by atoms with Crippen LogP contribution in [-0.4, -0.2) is 50.6 Å². The second kappa shape index (κ2) is 6.90. The molecule has 0 saturated carbocycles. The number of nitrogens with one attached hydrogen (secondary N) is 1. The van der Waals surface area contributed by atoms with Gasteiger partial charge in [0.25, 0.3) is 0 Å². The van der Waals surface area contributed by atoms with E-state index in [2.05, 4.69) is 9.71 Å². The fourth-order valence-corrected chi connectivity index (χ4v) is 4.77. The molecule has 2 heterocycles. The van der Waals surface area contributed by atoms with Gasteiger partial charge < -0.3 is 19.3 Å². The lowest BCUT2D eigenvalue weighted by Crippen LogP contribution is -2.50. The van der Waals surface area contributed by atoms with Gasteiger partial charge in [-0.25, -0.2) is 9.78 Å². The summed E-state index contributed by atoms with van der Waals surface area (Å²) in [5.74, 6) is 0.539. The van der Waals surface area contributed by atoms with Gasteiger partial charge in [0.15, 0.2) is 0 Å². The molecular formula is C18H27N3O4S. The van der Waals surface area contributed by atoms with E-state index >= 15 is 0 Å². The molecule has 26 heavy (non-hydrogen) atoms. The summed E-state index contributed by atoms with van der Waals surface area (Å²) in [6.45, 7) is 6.78. The molecule has 2 atom stereocenters. The molecule has 0 bridgehead atoms. The van der Waals surface area contributed by atoms with Gasteiger partial charge in [-0.3, -0.25) is 0 Å². The van der Waals surface area contributed by atoms with Gasteiger partial charge in [0.1, 0.15) is 10.8 Å². The Balaban J connectivity index is 1.92. The van der Waals surface area contributed by atoms with Crippen LogP contribution in [0.4, 0.5) is 4.79 Å². The van der Waals surface area contributed by atoms with Crippen molar-refractivity contribution < 1.29 is 19.2 Å². The number of fused-ring (bicyclic) bond motifs is 1. The van der Waals surface area contributed by atoms with E-state index in [-0.39, 0.29) is 11.5 Å². The molecule has 1 fully saturated rings. The van der Waals surface area contributed by atoms with Gasteiger partial charge in [-0.1, -0.05) is 6.07 Å². The van der Waals surface area contributed by atoms with E-state index in [1.807, 2.05) is 32.9 Å². The Bertz CT molecular complexity index is 684. The molecule has 7 nitrogen and oxygen atoms in total. The summed E-state index contributed by atoms with van der Waals surface area (Å²) in [4.78, 5) is 17.4. The first kappa shape index (κ1) is 19.3. The summed E-state index contributed by atoms with van der Waals surface area (Å²) in [5, 5.41) is 9.26. The van der Waals surface area contributed by atoms with Crippen molar-refractivity contribution in [3.8, 4) is 5.88 Å². The highest BCUT2D eigenvalue weighted by molar-refractivity contribution is 7.90. The van der Waals surface area contributed by atoms with Crippen molar-refractivity contribution in [3.63, 3.8) is 0 Å². The molecule has 1 saturated heterocycles. The first-order valence-electron chi connectivity index (χ1n) is 8.86. The molecular weight excluding hydrogens is 354 g/mol. The van der Waals surface area contributed by atoms with Crippen molar-refractivity contribution in [2.45, 2.75) is 50.8 Å². The van der Waals surface area contributed by atoms with Gasteiger partial charge in [0.2, 0.25) is 5.88 Å². The Kier molecular flexibility index (Phi) is 5.11. The Morgan fingerprint density at radius 3 is 2.62 bits per heavy atom. The quantitative estimate of drug-likeness (QED) is 0.781. The number of likely N-dealkylation sites (tertiary alicyclic amines) is 1. The number of hydrogen-bond acceptors (Lipinski definition) is 5. The molecule has 8 heteroatoms.